The number of benzene rings is 5. The maximum atomic E-state index is 5.06. The van der Waals surface area contributed by atoms with Crippen LogP contribution in [0.5, 0.6) is 0 Å². The molecule has 0 aliphatic rings. The van der Waals surface area contributed by atoms with Crippen LogP contribution in [-0.2, 0) is 0 Å². The number of fused-ring (bicyclic) bond motifs is 4. The van der Waals surface area contributed by atoms with E-state index < -0.39 is 0 Å². The fraction of sp³-hybridized carbons (Fsp3) is 0. The van der Waals surface area contributed by atoms with E-state index in [1.54, 1.807) is 0 Å². The maximum Gasteiger partial charge on any atom is 0.137 e. The third-order valence-electron chi connectivity index (χ3n) is 7.65. The van der Waals surface area contributed by atoms with Crippen molar-refractivity contribution < 1.29 is 0 Å². The lowest BCUT2D eigenvalue weighted by Crippen LogP contribution is -1.89. The van der Waals surface area contributed by atoms with Gasteiger partial charge in [-0.1, -0.05) is 115 Å². The summed E-state index contributed by atoms with van der Waals surface area (Å²) in [6.07, 6.45) is 2.09. The fourth-order valence-corrected chi connectivity index (χ4v) is 6.97. The van der Waals surface area contributed by atoms with Crippen LogP contribution in [0.4, 0.5) is 0 Å². The summed E-state index contributed by atoms with van der Waals surface area (Å²) in [5.74, 6) is 0. The van der Waals surface area contributed by atoms with E-state index in [-0.39, 0.29) is 0 Å². The zero-order valence-corrected chi connectivity index (χ0v) is 22.5. The largest absolute Gasteiger partial charge is 0.299 e. The second-order valence-corrected chi connectivity index (χ2v) is 11.1. The second kappa shape index (κ2) is 9.33. The SMILES string of the molecule is c1ccc(-c2c(-c3cccc(-c4ccc(-c5cccc6c5sc5ccccc56)cc4)c3)nc3ccccn23)cc1. The second-order valence-electron chi connectivity index (χ2n) is 10.0. The normalized spacial score (nSPS) is 11.5. The Labute approximate surface area is 236 Å². The molecule has 8 aromatic rings. The third-order valence-corrected chi connectivity index (χ3v) is 8.87. The van der Waals surface area contributed by atoms with Crippen LogP contribution in [0.1, 0.15) is 0 Å². The monoisotopic (exact) mass is 528 g/mol. The molecule has 0 saturated carbocycles. The minimum Gasteiger partial charge on any atom is -0.299 e. The smallest absolute Gasteiger partial charge is 0.137 e. The lowest BCUT2D eigenvalue weighted by atomic mass is 9.97. The molecule has 0 amide bonds. The topological polar surface area (TPSA) is 17.3 Å². The first-order valence-electron chi connectivity index (χ1n) is 13.5. The lowest BCUT2D eigenvalue weighted by Gasteiger charge is -2.09. The van der Waals surface area contributed by atoms with Gasteiger partial charge in [-0.25, -0.2) is 4.98 Å². The van der Waals surface area contributed by atoms with E-state index in [2.05, 4.69) is 144 Å². The number of imidazole rings is 1. The van der Waals surface area contributed by atoms with Gasteiger partial charge in [-0.2, -0.15) is 0 Å². The maximum absolute atomic E-state index is 5.06. The quantitative estimate of drug-likeness (QED) is 0.222. The van der Waals surface area contributed by atoms with Gasteiger partial charge in [0.25, 0.3) is 0 Å². The van der Waals surface area contributed by atoms with Crippen molar-refractivity contribution in [1.29, 1.82) is 0 Å². The molecule has 0 N–H and O–H groups in total. The lowest BCUT2D eigenvalue weighted by molar-refractivity contribution is 1.19. The zero-order valence-electron chi connectivity index (χ0n) is 21.7. The van der Waals surface area contributed by atoms with Crippen LogP contribution in [-0.4, -0.2) is 9.38 Å². The van der Waals surface area contributed by atoms with Gasteiger partial charge in [0, 0.05) is 37.5 Å². The summed E-state index contributed by atoms with van der Waals surface area (Å²) in [6.45, 7) is 0. The molecule has 188 valence electrons. The van der Waals surface area contributed by atoms with Crippen molar-refractivity contribution in [1.82, 2.24) is 9.38 Å². The summed E-state index contributed by atoms with van der Waals surface area (Å²) in [6, 6.07) is 49.7. The molecule has 3 aromatic heterocycles. The van der Waals surface area contributed by atoms with Crippen molar-refractivity contribution in [3.05, 3.63) is 146 Å². The summed E-state index contributed by atoms with van der Waals surface area (Å²) in [5, 5.41) is 2.66. The Bertz CT molecular complexity index is 2150. The van der Waals surface area contributed by atoms with Gasteiger partial charge in [-0.05, 0) is 46.5 Å². The Hall–Kier alpha value is -4.99. The Balaban J connectivity index is 1.20. The van der Waals surface area contributed by atoms with Crippen molar-refractivity contribution in [2.24, 2.45) is 0 Å². The number of thiophene rings is 1. The van der Waals surface area contributed by atoms with Crippen molar-refractivity contribution in [3.63, 3.8) is 0 Å². The summed E-state index contributed by atoms with van der Waals surface area (Å²) in [7, 11) is 0. The van der Waals surface area contributed by atoms with Gasteiger partial charge in [0.05, 0.1) is 11.4 Å². The van der Waals surface area contributed by atoms with Crippen molar-refractivity contribution in [2.45, 2.75) is 0 Å². The highest BCUT2D eigenvalue weighted by Gasteiger charge is 2.16. The van der Waals surface area contributed by atoms with Crippen molar-refractivity contribution >= 4 is 37.2 Å². The average Bonchev–Trinajstić information content (AvgIpc) is 3.61. The minimum atomic E-state index is 0.946. The van der Waals surface area contributed by atoms with Gasteiger partial charge < -0.3 is 0 Å². The minimum absolute atomic E-state index is 0.946. The van der Waals surface area contributed by atoms with Gasteiger partial charge in [-0.15, -0.1) is 11.3 Å². The number of aromatic nitrogens is 2. The molecule has 0 atom stereocenters. The molecule has 0 spiro atoms. The molecule has 3 heteroatoms. The van der Waals surface area contributed by atoms with Gasteiger partial charge >= 0.3 is 0 Å². The van der Waals surface area contributed by atoms with Crippen LogP contribution in [0.2, 0.25) is 0 Å². The predicted octanol–water partition coefficient (Wildman–Crippen LogP) is 10.4. The molecular formula is C37H24N2S. The van der Waals surface area contributed by atoms with E-state index in [9.17, 15) is 0 Å². The third kappa shape index (κ3) is 3.75. The molecular weight excluding hydrogens is 504 g/mol. The van der Waals surface area contributed by atoms with E-state index in [0.29, 0.717) is 0 Å². The molecule has 2 nitrogen and oxygen atoms in total. The average molecular weight is 529 g/mol. The Morgan fingerprint density at radius 3 is 2.10 bits per heavy atom. The van der Waals surface area contributed by atoms with E-state index in [1.165, 1.54) is 42.4 Å². The number of rotatable bonds is 4. The van der Waals surface area contributed by atoms with E-state index in [4.69, 9.17) is 4.98 Å². The molecule has 0 fully saturated rings. The molecule has 0 saturated heterocycles. The Morgan fingerprint density at radius 1 is 0.500 bits per heavy atom. The zero-order chi connectivity index (χ0) is 26.5. The van der Waals surface area contributed by atoms with E-state index in [1.807, 2.05) is 17.4 Å². The number of pyridine rings is 1. The molecule has 3 heterocycles. The molecule has 0 aliphatic carbocycles. The van der Waals surface area contributed by atoms with Gasteiger partial charge in [0.1, 0.15) is 5.65 Å². The van der Waals surface area contributed by atoms with Crippen molar-refractivity contribution in [3.8, 4) is 44.8 Å². The first-order valence-corrected chi connectivity index (χ1v) is 14.3. The molecule has 0 unspecified atom stereocenters. The van der Waals surface area contributed by atoms with Gasteiger partial charge in [0.15, 0.2) is 0 Å². The van der Waals surface area contributed by atoms with Crippen LogP contribution >= 0.6 is 11.3 Å². The predicted molar refractivity (Wildman–Crippen MR) is 170 cm³/mol. The molecule has 40 heavy (non-hydrogen) atoms. The molecule has 0 aliphatic heterocycles. The molecule has 0 bridgehead atoms. The summed E-state index contributed by atoms with van der Waals surface area (Å²) >= 11 is 1.88. The number of hydrogen-bond donors (Lipinski definition) is 0. The van der Waals surface area contributed by atoms with Crippen LogP contribution in [0.25, 0.3) is 70.6 Å². The van der Waals surface area contributed by atoms with Crippen LogP contribution < -0.4 is 0 Å². The molecule has 0 radical (unpaired) electrons. The first kappa shape index (κ1) is 22.9. The highest BCUT2D eigenvalue weighted by molar-refractivity contribution is 7.26. The number of hydrogen-bond acceptors (Lipinski definition) is 2. The first-order chi connectivity index (χ1) is 19.8. The van der Waals surface area contributed by atoms with E-state index in [0.717, 1.165) is 28.2 Å². The van der Waals surface area contributed by atoms with Gasteiger partial charge in [0.2, 0.25) is 0 Å². The van der Waals surface area contributed by atoms with Crippen LogP contribution in [0, 0.1) is 0 Å². The Kier molecular flexibility index (Phi) is 5.35. The van der Waals surface area contributed by atoms with Crippen molar-refractivity contribution in [2.75, 3.05) is 0 Å². The number of nitrogens with zero attached hydrogens (tertiary/aromatic N) is 2. The van der Waals surface area contributed by atoms with Crippen LogP contribution in [0.15, 0.2) is 146 Å². The summed E-state index contributed by atoms with van der Waals surface area (Å²) in [5.41, 5.74) is 10.2. The van der Waals surface area contributed by atoms with Gasteiger partial charge in [-0.3, -0.25) is 4.40 Å². The Morgan fingerprint density at radius 2 is 1.20 bits per heavy atom. The molecule has 8 rings (SSSR count). The standard InChI is InChI=1S/C37H24N2S/c1-2-10-27(11-3-1)36-35(38-34-18-6-7-23-39(34)36)29-13-8-12-28(24-29)25-19-21-26(22-20-25)30-15-9-16-32-31-14-4-5-17-33(31)40-37(30)32/h1-24H. The summed E-state index contributed by atoms with van der Waals surface area (Å²) in [4.78, 5) is 5.06. The summed E-state index contributed by atoms with van der Waals surface area (Å²) < 4.78 is 4.86. The highest BCUT2D eigenvalue weighted by Crippen LogP contribution is 2.40. The molecule has 5 aromatic carbocycles. The highest BCUT2D eigenvalue weighted by atomic mass is 32.1. The van der Waals surface area contributed by atoms with Crippen LogP contribution in [0.3, 0.4) is 0 Å². The fourth-order valence-electron chi connectivity index (χ4n) is 5.73. The van der Waals surface area contributed by atoms with E-state index >= 15 is 0 Å².